The van der Waals surface area contributed by atoms with Crippen LogP contribution in [0.4, 0.5) is 5.13 Å². The lowest BCUT2D eigenvalue weighted by Crippen LogP contribution is -2.16. The quantitative estimate of drug-likeness (QED) is 0.521. The van der Waals surface area contributed by atoms with Gasteiger partial charge in [-0.2, -0.15) is 0 Å². The van der Waals surface area contributed by atoms with Crippen LogP contribution in [0.3, 0.4) is 0 Å². The number of benzene rings is 1. The molecule has 0 spiro atoms. The number of aryl methyl sites for hydroxylation is 1. The minimum absolute atomic E-state index is 0.133. The molecule has 0 aliphatic rings. The predicted molar refractivity (Wildman–Crippen MR) is 108 cm³/mol. The number of fused-ring (bicyclic) bond motifs is 1. The summed E-state index contributed by atoms with van der Waals surface area (Å²) in [6.45, 7) is 2.79. The number of hydrogen-bond acceptors (Lipinski definition) is 5. The predicted octanol–water partition coefficient (Wildman–Crippen LogP) is 5.11. The van der Waals surface area contributed by atoms with Crippen LogP contribution >= 0.6 is 22.7 Å². The number of anilines is 1. The monoisotopic (exact) mass is 383 g/mol. The van der Waals surface area contributed by atoms with Crippen molar-refractivity contribution >= 4 is 43.9 Å². The Morgan fingerprint density at radius 3 is 2.77 bits per heavy atom. The van der Waals surface area contributed by atoms with Crippen molar-refractivity contribution in [3.8, 4) is 17.0 Å². The maximum Gasteiger partial charge on any atom is 0.274 e. The highest BCUT2D eigenvalue weighted by Crippen LogP contribution is 2.28. The van der Waals surface area contributed by atoms with E-state index in [1.165, 1.54) is 11.3 Å². The molecule has 0 saturated heterocycles. The van der Waals surface area contributed by atoms with Gasteiger partial charge in [0.25, 0.3) is 5.91 Å². The number of amides is 1. The van der Waals surface area contributed by atoms with Gasteiger partial charge in [0.15, 0.2) is 5.13 Å². The Labute approximate surface area is 158 Å². The number of hydrogen-bond donors (Lipinski definition) is 1. The number of ether oxygens (including phenoxy) is 1. The van der Waals surface area contributed by atoms with Crippen molar-refractivity contribution in [1.29, 1.82) is 0 Å². The number of thiophene rings is 1. The fourth-order valence-corrected chi connectivity index (χ4v) is 4.43. The average molecular weight is 383 g/mol. The summed E-state index contributed by atoms with van der Waals surface area (Å²) in [5, 5.41) is 7.50. The van der Waals surface area contributed by atoms with Gasteiger partial charge in [-0.1, -0.05) is 0 Å². The summed E-state index contributed by atoms with van der Waals surface area (Å²) in [6, 6.07) is 11.7. The van der Waals surface area contributed by atoms with Crippen LogP contribution in [-0.2, 0) is 6.54 Å². The van der Waals surface area contributed by atoms with E-state index in [-0.39, 0.29) is 5.91 Å². The van der Waals surface area contributed by atoms with Gasteiger partial charge in [-0.15, -0.1) is 22.7 Å². The summed E-state index contributed by atoms with van der Waals surface area (Å²) < 4.78 is 8.32. The summed E-state index contributed by atoms with van der Waals surface area (Å²) in [5.74, 6) is 0.670. The summed E-state index contributed by atoms with van der Waals surface area (Å²) in [4.78, 5) is 17.3. The van der Waals surface area contributed by atoms with E-state index in [9.17, 15) is 4.79 Å². The van der Waals surface area contributed by atoms with E-state index in [0.29, 0.717) is 10.8 Å². The first-order chi connectivity index (χ1) is 12.7. The third-order valence-corrected chi connectivity index (χ3v) is 5.79. The van der Waals surface area contributed by atoms with Crippen LogP contribution in [0.25, 0.3) is 21.5 Å². The molecule has 132 valence electrons. The van der Waals surface area contributed by atoms with E-state index >= 15 is 0 Å². The molecule has 5 nitrogen and oxygen atoms in total. The van der Waals surface area contributed by atoms with E-state index in [2.05, 4.69) is 10.3 Å². The Kier molecular flexibility index (Phi) is 4.48. The molecule has 0 aliphatic heterocycles. The lowest BCUT2D eigenvalue weighted by atomic mass is 10.2. The minimum Gasteiger partial charge on any atom is -0.497 e. The summed E-state index contributed by atoms with van der Waals surface area (Å²) in [5.41, 5.74) is 3.58. The van der Waals surface area contributed by atoms with E-state index in [1.54, 1.807) is 18.4 Å². The molecule has 0 saturated carbocycles. The SMILES string of the molecule is CCn1c(C(=O)Nc2nc(-c3ccc(OC)cc3)cs2)cc2sccc21. The summed E-state index contributed by atoms with van der Waals surface area (Å²) >= 11 is 3.06. The van der Waals surface area contributed by atoms with E-state index in [0.717, 1.165) is 33.8 Å². The van der Waals surface area contributed by atoms with Gasteiger partial charge >= 0.3 is 0 Å². The van der Waals surface area contributed by atoms with Gasteiger partial charge in [0.05, 0.1) is 23.0 Å². The van der Waals surface area contributed by atoms with Gasteiger partial charge in [-0.25, -0.2) is 4.98 Å². The van der Waals surface area contributed by atoms with Gasteiger partial charge in [-0.3, -0.25) is 10.1 Å². The third-order valence-electron chi connectivity index (χ3n) is 4.18. The average Bonchev–Trinajstić information content (AvgIpc) is 3.37. The van der Waals surface area contributed by atoms with Crippen molar-refractivity contribution < 1.29 is 9.53 Å². The molecule has 4 rings (SSSR count). The molecule has 3 heterocycles. The molecule has 0 bridgehead atoms. The van der Waals surface area contributed by atoms with Crippen LogP contribution in [0, 0.1) is 0 Å². The number of methoxy groups -OCH3 is 1. The third kappa shape index (κ3) is 3.00. The fourth-order valence-electron chi connectivity index (χ4n) is 2.89. The number of nitrogens with one attached hydrogen (secondary N) is 1. The van der Waals surface area contributed by atoms with Crippen LogP contribution in [0.1, 0.15) is 17.4 Å². The molecule has 7 heteroatoms. The first-order valence-electron chi connectivity index (χ1n) is 8.17. The number of carbonyl (C=O) groups excluding carboxylic acids is 1. The molecule has 4 aromatic rings. The topological polar surface area (TPSA) is 56.2 Å². The molecule has 1 amide bonds. The van der Waals surface area contributed by atoms with Crippen molar-refractivity contribution in [3.05, 3.63) is 52.9 Å². The van der Waals surface area contributed by atoms with Crippen molar-refractivity contribution in [2.24, 2.45) is 0 Å². The van der Waals surface area contributed by atoms with Crippen LogP contribution in [0.2, 0.25) is 0 Å². The van der Waals surface area contributed by atoms with E-state index in [4.69, 9.17) is 4.74 Å². The second-order valence-electron chi connectivity index (χ2n) is 5.66. The van der Waals surface area contributed by atoms with Gasteiger partial charge in [0.1, 0.15) is 11.4 Å². The number of thiazole rings is 1. The minimum atomic E-state index is -0.133. The normalized spacial score (nSPS) is 11.0. The molecule has 0 unspecified atom stereocenters. The molecule has 0 atom stereocenters. The number of aromatic nitrogens is 2. The molecule has 26 heavy (non-hydrogen) atoms. The second kappa shape index (κ2) is 6.93. The Bertz CT molecular complexity index is 1060. The zero-order chi connectivity index (χ0) is 18.1. The highest BCUT2D eigenvalue weighted by atomic mass is 32.1. The van der Waals surface area contributed by atoms with Gasteiger partial charge in [-0.05, 0) is 48.7 Å². The maximum absolute atomic E-state index is 12.7. The zero-order valence-electron chi connectivity index (χ0n) is 14.4. The molecular weight excluding hydrogens is 366 g/mol. The van der Waals surface area contributed by atoms with Crippen LogP contribution in [-0.4, -0.2) is 22.6 Å². The largest absolute Gasteiger partial charge is 0.497 e. The maximum atomic E-state index is 12.7. The number of nitrogens with zero attached hydrogens (tertiary/aromatic N) is 2. The standard InChI is InChI=1S/C19H17N3O2S2/c1-3-22-15-8-9-25-17(15)10-16(22)18(23)21-19-20-14(11-26-19)12-4-6-13(24-2)7-5-12/h4-11H,3H2,1-2H3,(H,20,21,23). The summed E-state index contributed by atoms with van der Waals surface area (Å²) in [7, 11) is 1.64. The molecular formula is C19H17N3O2S2. The molecule has 0 radical (unpaired) electrons. The molecule has 3 aromatic heterocycles. The molecule has 0 fully saturated rings. The van der Waals surface area contributed by atoms with Gasteiger partial charge in [0, 0.05) is 17.5 Å². The van der Waals surface area contributed by atoms with E-state index < -0.39 is 0 Å². The Morgan fingerprint density at radius 2 is 2.04 bits per heavy atom. The molecule has 0 aliphatic carbocycles. The van der Waals surface area contributed by atoms with Crippen molar-refractivity contribution in [2.75, 3.05) is 12.4 Å². The Morgan fingerprint density at radius 1 is 1.23 bits per heavy atom. The lowest BCUT2D eigenvalue weighted by molar-refractivity contribution is 0.101. The zero-order valence-corrected chi connectivity index (χ0v) is 16.0. The Hall–Kier alpha value is -2.64. The van der Waals surface area contributed by atoms with Gasteiger partial charge < -0.3 is 9.30 Å². The van der Waals surface area contributed by atoms with Crippen molar-refractivity contribution in [2.45, 2.75) is 13.5 Å². The van der Waals surface area contributed by atoms with Crippen molar-refractivity contribution in [1.82, 2.24) is 9.55 Å². The van der Waals surface area contributed by atoms with Crippen molar-refractivity contribution in [3.63, 3.8) is 0 Å². The first kappa shape index (κ1) is 16.8. The number of rotatable bonds is 5. The van der Waals surface area contributed by atoms with Crippen LogP contribution in [0.5, 0.6) is 5.75 Å². The highest BCUT2D eigenvalue weighted by Gasteiger charge is 2.17. The molecule has 1 aromatic carbocycles. The first-order valence-corrected chi connectivity index (χ1v) is 9.93. The Balaban J connectivity index is 1.56. The summed E-state index contributed by atoms with van der Waals surface area (Å²) in [6.07, 6.45) is 0. The lowest BCUT2D eigenvalue weighted by Gasteiger charge is -2.06. The van der Waals surface area contributed by atoms with Gasteiger partial charge in [0.2, 0.25) is 0 Å². The van der Waals surface area contributed by atoms with Crippen LogP contribution < -0.4 is 10.1 Å². The van der Waals surface area contributed by atoms with E-state index in [1.807, 2.05) is 58.6 Å². The fraction of sp³-hybridized carbons (Fsp3) is 0.158. The highest BCUT2D eigenvalue weighted by molar-refractivity contribution is 7.17. The number of carbonyl (C=O) groups is 1. The van der Waals surface area contributed by atoms with Crippen LogP contribution in [0.15, 0.2) is 47.2 Å². The smallest absolute Gasteiger partial charge is 0.274 e. The molecule has 1 N–H and O–H groups in total. The second-order valence-corrected chi connectivity index (χ2v) is 7.47.